The third kappa shape index (κ3) is 4.70. The predicted molar refractivity (Wildman–Crippen MR) is 119 cm³/mol. The zero-order chi connectivity index (χ0) is 23.7. The van der Waals surface area contributed by atoms with Gasteiger partial charge in [-0.2, -0.15) is 0 Å². The monoisotopic (exact) mass is 465 g/mol. The number of H-pyrrole nitrogens is 1. The van der Waals surface area contributed by atoms with E-state index in [9.17, 15) is 13.6 Å². The lowest BCUT2D eigenvalue weighted by atomic mass is 9.85. The van der Waals surface area contributed by atoms with Crippen LogP contribution in [0.4, 0.5) is 8.78 Å². The van der Waals surface area contributed by atoms with Gasteiger partial charge in [-0.1, -0.05) is 0 Å². The van der Waals surface area contributed by atoms with Crippen LogP contribution in [-0.2, 0) is 4.79 Å². The maximum Gasteiger partial charge on any atom is 0.316 e. The molecule has 1 saturated carbocycles. The Morgan fingerprint density at radius 2 is 1.76 bits per heavy atom. The second-order valence-electron chi connectivity index (χ2n) is 8.41. The van der Waals surface area contributed by atoms with Crippen molar-refractivity contribution >= 4 is 17.0 Å². The summed E-state index contributed by atoms with van der Waals surface area (Å²) in [4.78, 5) is 30.9. The third-order valence-electron chi connectivity index (χ3n) is 5.99. The fourth-order valence-electron chi connectivity index (χ4n) is 4.24. The van der Waals surface area contributed by atoms with E-state index in [0.717, 1.165) is 31.7 Å². The zero-order valence-corrected chi connectivity index (χ0v) is 18.0. The number of imidazole rings is 1. The minimum atomic E-state index is -0.758. The van der Waals surface area contributed by atoms with Crippen molar-refractivity contribution in [3.8, 4) is 28.7 Å². The molecule has 10 heteroatoms. The number of halogens is 2. The normalized spacial score (nSPS) is 18.2. The first-order chi connectivity index (χ1) is 16.4. The molecular weight excluding hydrogens is 444 g/mol. The van der Waals surface area contributed by atoms with Crippen LogP contribution < -0.4 is 4.74 Å². The fraction of sp³-hybridized carbons (Fsp3) is 0.292. The molecule has 2 N–H and O–H groups in total. The van der Waals surface area contributed by atoms with Crippen LogP contribution in [0.5, 0.6) is 6.01 Å². The molecule has 3 heterocycles. The van der Waals surface area contributed by atoms with Crippen LogP contribution in [0.3, 0.4) is 0 Å². The number of benzene rings is 1. The minimum Gasteiger partial charge on any atom is -0.481 e. The van der Waals surface area contributed by atoms with E-state index in [1.165, 1.54) is 6.07 Å². The van der Waals surface area contributed by atoms with Crippen molar-refractivity contribution in [2.75, 3.05) is 0 Å². The van der Waals surface area contributed by atoms with Crippen molar-refractivity contribution in [3.63, 3.8) is 0 Å². The van der Waals surface area contributed by atoms with Crippen LogP contribution >= 0.6 is 0 Å². The van der Waals surface area contributed by atoms with Crippen molar-refractivity contribution in [3.05, 3.63) is 54.5 Å². The number of aliphatic carboxylic acids is 1. The van der Waals surface area contributed by atoms with Crippen LogP contribution in [0.2, 0.25) is 0 Å². The molecule has 5 rings (SSSR count). The molecule has 1 fully saturated rings. The molecule has 0 atom stereocenters. The molecule has 0 bridgehead atoms. The number of pyridine rings is 1. The van der Waals surface area contributed by atoms with Crippen LogP contribution in [-0.4, -0.2) is 42.1 Å². The number of fused-ring (bicyclic) bond motifs is 1. The molecule has 3 aromatic heterocycles. The second-order valence-corrected chi connectivity index (χ2v) is 8.41. The largest absolute Gasteiger partial charge is 0.481 e. The summed E-state index contributed by atoms with van der Waals surface area (Å²) >= 11 is 0. The Morgan fingerprint density at radius 1 is 1.03 bits per heavy atom. The SMILES string of the molecule is O=C(O)CC1CCC(Oc2ncc(-c3ccc(-c4nc5c(F)cc(F)cc5[nH]4)cn3)cn2)CC1. The topological polar surface area (TPSA) is 114 Å². The number of rotatable bonds is 6. The number of carboxylic acids is 1. The van der Waals surface area contributed by atoms with Gasteiger partial charge in [-0.25, -0.2) is 23.7 Å². The van der Waals surface area contributed by atoms with E-state index in [1.54, 1.807) is 30.7 Å². The van der Waals surface area contributed by atoms with Gasteiger partial charge in [-0.05, 0) is 49.8 Å². The van der Waals surface area contributed by atoms with Crippen LogP contribution in [0.15, 0.2) is 42.9 Å². The lowest BCUT2D eigenvalue weighted by Gasteiger charge is -2.27. The van der Waals surface area contributed by atoms with E-state index in [0.29, 0.717) is 22.6 Å². The Bertz CT molecular complexity index is 1320. The van der Waals surface area contributed by atoms with E-state index in [1.807, 2.05) is 0 Å². The highest BCUT2D eigenvalue weighted by molar-refractivity contribution is 5.80. The maximum absolute atomic E-state index is 13.9. The summed E-state index contributed by atoms with van der Waals surface area (Å²) in [5.74, 6) is -1.57. The molecule has 0 aliphatic heterocycles. The van der Waals surface area contributed by atoms with E-state index >= 15 is 0 Å². The van der Waals surface area contributed by atoms with Crippen molar-refractivity contribution in [2.24, 2.45) is 5.92 Å². The molecule has 0 radical (unpaired) electrons. The summed E-state index contributed by atoms with van der Waals surface area (Å²) in [5.41, 5.74) is 2.30. The first-order valence-electron chi connectivity index (χ1n) is 11.0. The Hall–Kier alpha value is -3.95. The smallest absolute Gasteiger partial charge is 0.316 e. The molecule has 34 heavy (non-hydrogen) atoms. The van der Waals surface area contributed by atoms with Gasteiger partial charge in [0.1, 0.15) is 23.3 Å². The Labute approximate surface area is 193 Å². The highest BCUT2D eigenvalue weighted by Crippen LogP contribution is 2.29. The van der Waals surface area contributed by atoms with Crippen molar-refractivity contribution in [2.45, 2.75) is 38.2 Å². The van der Waals surface area contributed by atoms with Gasteiger partial charge in [0.15, 0.2) is 5.82 Å². The summed E-state index contributed by atoms with van der Waals surface area (Å²) in [6, 6.07) is 5.81. The van der Waals surface area contributed by atoms with Gasteiger partial charge in [0, 0.05) is 42.2 Å². The van der Waals surface area contributed by atoms with Crippen molar-refractivity contribution < 1.29 is 23.4 Å². The van der Waals surface area contributed by atoms with E-state index in [4.69, 9.17) is 9.84 Å². The third-order valence-corrected chi connectivity index (χ3v) is 5.99. The molecular formula is C24H21F2N5O3. The Kier molecular flexibility index (Phi) is 5.87. The van der Waals surface area contributed by atoms with Gasteiger partial charge in [-0.3, -0.25) is 9.78 Å². The summed E-state index contributed by atoms with van der Waals surface area (Å²) in [5, 5.41) is 8.92. The molecule has 1 aliphatic rings. The molecule has 174 valence electrons. The number of hydrogen-bond donors (Lipinski definition) is 2. The Morgan fingerprint density at radius 3 is 2.44 bits per heavy atom. The molecule has 0 amide bonds. The lowest BCUT2D eigenvalue weighted by Crippen LogP contribution is -2.25. The van der Waals surface area contributed by atoms with Crippen molar-refractivity contribution in [1.82, 2.24) is 24.9 Å². The molecule has 0 unspecified atom stereocenters. The highest BCUT2D eigenvalue weighted by Gasteiger charge is 2.24. The maximum atomic E-state index is 13.9. The van der Waals surface area contributed by atoms with E-state index in [-0.39, 0.29) is 35.5 Å². The number of hydrogen-bond acceptors (Lipinski definition) is 6. The predicted octanol–water partition coefficient (Wildman–Crippen LogP) is 4.77. The Balaban J connectivity index is 1.24. The highest BCUT2D eigenvalue weighted by atomic mass is 19.1. The van der Waals surface area contributed by atoms with Crippen LogP contribution in [0.25, 0.3) is 33.7 Å². The fourth-order valence-corrected chi connectivity index (χ4v) is 4.24. The first kappa shape index (κ1) is 21.9. The zero-order valence-electron chi connectivity index (χ0n) is 18.0. The molecule has 4 aromatic rings. The van der Waals surface area contributed by atoms with Gasteiger partial charge in [0.2, 0.25) is 0 Å². The number of nitrogens with zero attached hydrogens (tertiary/aromatic N) is 4. The minimum absolute atomic E-state index is 0.0181. The average Bonchev–Trinajstić information content (AvgIpc) is 3.25. The summed E-state index contributed by atoms with van der Waals surface area (Å²) in [6.45, 7) is 0. The number of nitrogens with one attached hydrogen (secondary N) is 1. The van der Waals surface area contributed by atoms with Gasteiger partial charge < -0.3 is 14.8 Å². The number of aromatic nitrogens is 5. The van der Waals surface area contributed by atoms with Crippen molar-refractivity contribution in [1.29, 1.82) is 0 Å². The van der Waals surface area contributed by atoms with Crippen LogP contribution in [0, 0.1) is 17.6 Å². The molecule has 1 aromatic carbocycles. The summed E-state index contributed by atoms with van der Waals surface area (Å²) in [7, 11) is 0. The van der Waals surface area contributed by atoms with E-state index in [2.05, 4.69) is 24.9 Å². The average molecular weight is 465 g/mol. The van der Waals surface area contributed by atoms with Crippen LogP contribution in [0.1, 0.15) is 32.1 Å². The summed E-state index contributed by atoms with van der Waals surface area (Å²) < 4.78 is 33.2. The molecule has 8 nitrogen and oxygen atoms in total. The lowest BCUT2D eigenvalue weighted by molar-refractivity contribution is -0.138. The second kappa shape index (κ2) is 9.12. The molecule has 0 spiro atoms. The van der Waals surface area contributed by atoms with Gasteiger partial charge in [0.25, 0.3) is 0 Å². The quantitative estimate of drug-likeness (QED) is 0.421. The molecule has 0 saturated heterocycles. The van der Waals surface area contributed by atoms with Gasteiger partial charge in [0.05, 0.1) is 11.2 Å². The number of ether oxygens (including phenoxy) is 1. The molecule has 1 aliphatic carbocycles. The van der Waals surface area contributed by atoms with E-state index < -0.39 is 17.6 Å². The number of aromatic amines is 1. The van der Waals surface area contributed by atoms with Gasteiger partial charge in [-0.15, -0.1) is 0 Å². The summed E-state index contributed by atoms with van der Waals surface area (Å²) in [6.07, 6.45) is 8.22. The van der Waals surface area contributed by atoms with Gasteiger partial charge >= 0.3 is 12.0 Å². The number of carboxylic acid groups (broad SMARTS) is 1. The number of carbonyl (C=O) groups is 1. The first-order valence-corrected chi connectivity index (χ1v) is 11.0. The standard InChI is InChI=1S/C24H21F2N5O3/c25-16-8-18(26)22-20(9-16)30-23(31-22)14-3-6-19(27-10-14)15-11-28-24(29-12-15)34-17-4-1-13(2-5-17)7-21(32)33/h3,6,8-13,17H,1-2,4-5,7H2,(H,30,31)(H,32,33).